The van der Waals surface area contributed by atoms with Crippen LogP contribution in [0.25, 0.3) is 0 Å². The standard InChI is InChI=1S/C12H14FNO6S/c1-3-20-12(17)7(2)14-21(18,19)10-5-4-8(11(15)16)6-9(10)13/h4-7,14H,3H2,1-2H3,(H,15,16). The molecule has 116 valence electrons. The molecule has 0 aliphatic rings. The highest BCUT2D eigenvalue weighted by Gasteiger charge is 2.26. The van der Waals surface area contributed by atoms with E-state index >= 15 is 0 Å². The summed E-state index contributed by atoms with van der Waals surface area (Å²) >= 11 is 0. The van der Waals surface area contributed by atoms with Crippen molar-refractivity contribution in [3.63, 3.8) is 0 Å². The van der Waals surface area contributed by atoms with Gasteiger partial charge in [-0.2, -0.15) is 4.72 Å². The van der Waals surface area contributed by atoms with Crippen molar-refractivity contribution in [3.05, 3.63) is 29.6 Å². The van der Waals surface area contributed by atoms with Gasteiger partial charge in [0, 0.05) is 0 Å². The Morgan fingerprint density at radius 2 is 2.05 bits per heavy atom. The fourth-order valence-corrected chi connectivity index (χ4v) is 2.71. The first-order chi connectivity index (χ1) is 9.69. The lowest BCUT2D eigenvalue weighted by Crippen LogP contribution is -2.39. The number of aromatic carboxylic acids is 1. The van der Waals surface area contributed by atoms with Crippen molar-refractivity contribution in [1.29, 1.82) is 0 Å². The SMILES string of the molecule is CCOC(=O)C(C)NS(=O)(=O)c1ccc(C(=O)O)cc1F. The van der Waals surface area contributed by atoms with Gasteiger partial charge < -0.3 is 9.84 Å². The smallest absolute Gasteiger partial charge is 0.335 e. The van der Waals surface area contributed by atoms with E-state index < -0.39 is 38.7 Å². The van der Waals surface area contributed by atoms with Crippen molar-refractivity contribution >= 4 is 22.0 Å². The number of ether oxygens (including phenoxy) is 1. The maximum Gasteiger partial charge on any atom is 0.335 e. The molecule has 2 N–H and O–H groups in total. The molecule has 0 aliphatic carbocycles. The Bertz CT molecular complexity index is 658. The molecule has 0 fully saturated rings. The lowest BCUT2D eigenvalue weighted by Gasteiger charge is -2.13. The zero-order valence-corrected chi connectivity index (χ0v) is 12.1. The molecule has 1 unspecified atom stereocenters. The summed E-state index contributed by atoms with van der Waals surface area (Å²) in [5.41, 5.74) is -0.384. The van der Waals surface area contributed by atoms with Crippen molar-refractivity contribution in [3.8, 4) is 0 Å². The molecule has 7 nitrogen and oxygen atoms in total. The average Bonchev–Trinajstić information content (AvgIpc) is 2.37. The van der Waals surface area contributed by atoms with Crippen LogP contribution in [0, 0.1) is 5.82 Å². The lowest BCUT2D eigenvalue weighted by atomic mass is 10.2. The predicted molar refractivity (Wildman–Crippen MR) is 69.8 cm³/mol. The number of hydrogen-bond acceptors (Lipinski definition) is 5. The minimum atomic E-state index is -4.31. The second kappa shape index (κ2) is 6.64. The summed E-state index contributed by atoms with van der Waals surface area (Å²) in [5.74, 6) is -3.41. The van der Waals surface area contributed by atoms with Crippen LogP contribution in [0.15, 0.2) is 23.1 Å². The van der Waals surface area contributed by atoms with Gasteiger partial charge in [0.15, 0.2) is 0 Å². The molecule has 1 aromatic rings. The molecule has 1 aromatic carbocycles. The van der Waals surface area contributed by atoms with Crippen LogP contribution in [0.2, 0.25) is 0 Å². The van der Waals surface area contributed by atoms with Gasteiger partial charge in [0.25, 0.3) is 0 Å². The molecule has 21 heavy (non-hydrogen) atoms. The molecule has 1 atom stereocenters. The average molecular weight is 319 g/mol. The van der Waals surface area contributed by atoms with Crippen LogP contribution in [0.4, 0.5) is 4.39 Å². The lowest BCUT2D eigenvalue weighted by molar-refractivity contribution is -0.144. The highest BCUT2D eigenvalue weighted by atomic mass is 32.2. The number of carboxylic acid groups (broad SMARTS) is 1. The third-order valence-electron chi connectivity index (χ3n) is 2.44. The number of benzene rings is 1. The van der Waals surface area contributed by atoms with Gasteiger partial charge >= 0.3 is 11.9 Å². The molecule has 0 amide bonds. The fraction of sp³-hybridized carbons (Fsp3) is 0.333. The Morgan fingerprint density at radius 3 is 2.52 bits per heavy atom. The van der Waals surface area contributed by atoms with Crippen LogP contribution in [0.3, 0.4) is 0 Å². The number of rotatable bonds is 6. The summed E-state index contributed by atoms with van der Waals surface area (Å²) in [5, 5.41) is 8.69. The van der Waals surface area contributed by atoms with Crippen LogP contribution in [-0.4, -0.2) is 38.1 Å². The first-order valence-electron chi connectivity index (χ1n) is 5.91. The first kappa shape index (κ1) is 17.1. The summed E-state index contributed by atoms with van der Waals surface area (Å²) in [7, 11) is -4.31. The highest BCUT2D eigenvalue weighted by Crippen LogP contribution is 2.16. The fourth-order valence-electron chi connectivity index (χ4n) is 1.46. The van der Waals surface area contributed by atoms with Gasteiger partial charge in [-0.25, -0.2) is 17.6 Å². The molecule has 0 heterocycles. The number of halogens is 1. The normalized spacial score (nSPS) is 12.7. The molecule has 0 spiro atoms. The zero-order chi connectivity index (χ0) is 16.2. The van der Waals surface area contributed by atoms with E-state index in [1.165, 1.54) is 6.92 Å². The number of nitrogens with one attached hydrogen (secondary N) is 1. The topological polar surface area (TPSA) is 110 Å². The molecule has 1 rings (SSSR count). The second-order valence-corrected chi connectivity index (χ2v) is 5.73. The van der Waals surface area contributed by atoms with E-state index in [1.807, 2.05) is 4.72 Å². The molecular formula is C12H14FNO6S. The number of sulfonamides is 1. The maximum atomic E-state index is 13.7. The van der Waals surface area contributed by atoms with Gasteiger partial charge in [-0.3, -0.25) is 4.79 Å². The predicted octanol–water partition coefficient (Wildman–Crippen LogP) is 0.754. The van der Waals surface area contributed by atoms with Crippen molar-refractivity contribution in [1.82, 2.24) is 4.72 Å². The molecule has 0 saturated carbocycles. The summed E-state index contributed by atoms with van der Waals surface area (Å²) in [6, 6.07) is 1.16. The Balaban J connectivity index is 3.03. The van der Waals surface area contributed by atoms with Crippen molar-refractivity contribution in [2.45, 2.75) is 24.8 Å². The molecule has 0 bridgehead atoms. The number of carbonyl (C=O) groups is 2. The van der Waals surface area contributed by atoms with E-state index in [9.17, 15) is 22.4 Å². The van der Waals surface area contributed by atoms with Gasteiger partial charge in [-0.1, -0.05) is 0 Å². The van der Waals surface area contributed by atoms with E-state index in [-0.39, 0.29) is 12.2 Å². The summed E-state index contributed by atoms with van der Waals surface area (Å²) in [6.07, 6.45) is 0. The number of carbonyl (C=O) groups excluding carboxylic acids is 1. The zero-order valence-electron chi connectivity index (χ0n) is 11.3. The minimum Gasteiger partial charge on any atom is -0.478 e. The van der Waals surface area contributed by atoms with E-state index in [2.05, 4.69) is 4.74 Å². The summed E-state index contributed by atoms with van der Waals surface area (Å²) in [4.78, 5) is 21.3. The largest absolute Gasteiger partial charge is 0.478 e. The summed E-state index contributed by atoms with van der Waals surface area (Å²) in [6.45, 7) is 2.88. The van der Waals surface area contributed by atoms with Crippen LogP contribution in [-0.2, 0) is 19.6 Å². The van der Waals surface area contributed by atoms with Crippen molar-refractivity contribution < 1.29 is 32.2 Å². The number of carboxylic acids is 1. The Hall–Kier alpha value is -2.00. The molecular weight excluding hydrogens is 305 g/mol. The van der Waals surface area contributed by atoms with E-state index in [4.69, 9.17) is 5.11 Å². The maximum absolute atomic E-state index is 13.7. The third-order valence-corrected chi connectivity index (χ3v) is 4.01. The second-order valence-electron chi connectivity index (χ2n) is 4.05. The molecule has 0 aromatic heterocycles. The van der Waals surface area contributed by atoms with Crippen LogP contribution < -0.4 is 4.72 Å². The van der Waals surface area contributed by atoms with Gasteiger partial charge in [0.05, 0.1) is 12.2 Å². The van der Waals surface area contributed by atoms with Gasteiger partial charge in [0.1, 0.15) is 16.8 Å². The minimum absolute atomic E-state index is 0.0760. The number of hydrogen-bond donors (Lipinski definition) is 2. The van der Waals surface area contributed by atoms with Crippen molar-refractivity contribution in [2.24, 2.45) is 0 Å². The highest BCUT2D eigenvalue weighted by molar-refractivity contribution is 7.89. The molecule has 0 saturated heterocycles. The quantitative estimate of drug-likeness (QED) is 0.749. The Labute approximate surface area is 120 Å². The molecule has 0 aliphatic heterocycles. The molecule has 0 radical (unpaired) electrons. The Kier molecular flexibility index (Phi) is 5.39. The summed E-state index contributed by atoms with van der Waals surface area (Å²) < 4.78 is 44.2. The van der Waals surface area contributed by atoms with Crippen LogP contribution in [0.1, 0.15) is 24.2 Å². The monoisotopic (exact) mass is 319 g/mol. The third kappa shape index (κ3) is 4.23. The number of esters is 1. The Morgan fingerprint density at radius 1 is 1.43 bits per heavy atom. The van der Waals surface area contributed by atoms with Crippen LogP contribution in [0.5, 0.6) is 0 Å². The van der Waals surface area contributed by atoms with E-state index in [1.54, 1.807) is 6.92 Å². The van der Waals surface area contributed by atoms with Crippen molar-refractivity contribution in [2.75, 3.05) is 6.61 Å². The van der Waals surface area contributed by atoms with Gasteiger partial charge in [-0.15, -0.1) is 0 Å². The van der Waals surface area contributed by atoms with Gasteiger partial charge in [0.2, 0.25) is 10.0 Å². The van der Waals surface area contributed by atoms with E-state index in [0.717, 1.165) is 12.1 Å². The first-order valence-corrected chi connectivity index (χ1v) is 7.39. The van der Waals surface area contributed by atoms with Gasteiger partial charge in [-0.05, 0) is 32.0 Å². The van der Waals surface area contributed by atoms with Crippen LogP contribution >= 0.6 is 0 Å². The molecule has 9 heteroatoms. The van der Waals surface area contributed by atoms with E-state index in [0.29, 0.717) is 6.07 Å².